The molecule has 0 aromatic heterocycles. The van der Waals surface area contributed by atoms with Gasteiger partial charge < -0.3 is 14.6 Å². The minimum Gasteiger partial charge on any atom is -0.495 e. The Bertz CT molecular complexity index is 375. The molecule has 0 aliphatic heterocycles. The van der Waals surface area contributed by atoms with Gasteiger partial charge in [-0.15, -0.1) is 0 Å². The molecule has 1 aromatic rings. The number of ether oxygens (including phenoxy) is 2. The quantitative estimate of drug-likeness (QED) is 0.885. The van der Waals surface area contributed by atoms with E-state index in [9.17, 15) is 5.11 Å². The molecule has 0 saturated carbocycles. The molecule has 3 nitrogen and oxygen atoms in total. The summed E-state index contributed by atoms with van der Waals surface area (Å²) in [6.07, 6.45) is 0.163. The van der Waals surface area contributed by atoms with Gasteiger partial charge in [0.1, 0.15) is 16.5 Å². The lowest BCUT2D eigenvalue weighted by Gasteiger charge is -2.18. The van der Waals surface area contributed by atoms with Gasteiger partial charge in [-0.1, -0.05) is 18.5 Å². The molecule has 0 aliphatic rings. The Hall–Kier alpha value is -0.930. The van der Waals surface area contributed by atoms with E-state index in [2.05, 4.69) is 0 Å². The van der Waals surface area contributed by atoms with E-state index in [1.807, 2.05) is 13.0 Å². The van der Waals surface area contributed by atoms with Gasteiger partial charge >= 0.3 is 0 Å². The lowest BCUT2D eigenvalue weighted by molar-refractivity contribution is 0.194. The molecule has 0 aliphatic carbocycles. The van der Waals surface area contributed by atoms with Crippen molar-refractivity contribution in [2.24, 2.45) is 0 Å². The zero-order valence-corrected chi connectivity index (χ0v) is 10.8. The minimum absolute atomic E-state index is 0.417. The van der Waals surface area contributed by atoms with Gasteiger partial charge in [0.2, 0.25) is 0 Å². The van der Waals surface area contributed by atoms with Crippen molar-refractivity contribution in [1.29, 1.82) is 0 Å². The molecular weight excluding hydrogens is 228 g/mol. The molecular formula is C12H17ClO3. The second-order valence-corrected chi connectivity index (χ2v) is 3.91. The molecule has 1 unspecified atom stereocenters. The standard InChI is InChI=1S/C12H17ClO3/c1-5-8-6-9(7(2)14)12(16-4)10(13)11(8)15-3/h6-7,14H,5H2,1-4H3. The molecule has 4 heteroatoms. The van der Waals surface area contributed by atoms with Crippen LogP contribution in [0.15, 0.2) is 6.07 Å². The van der Waals surface area contributed by atoms with Crippen LogP contribution in [0.2, 0.25) is 5.02 Å². The van der Waals surface area contributed by atoms with Gasteiger partial charge in [-0.05, 0) is 25.0 Å². The van der Waals surface area contributed by atoms with Gasteiger partial charge in [0, 0.05) is 5.56 Å². The van der Waals surface area contributed by atoms with E-state index in [1.165, 1.54) is 7.11 Å². The molecule has 0 radical (unpaired) electrons. The Morgan fingerprint density at radius 3 is 2.25 bits per heavy atom. The molecule has 0 amide bonds. The summed E-state index contributed by atoms with van der Waals surface area (Å²) in [6, 6.07) is 1.87. The predicted octanol–water partition coefficient (Wildman–Crippen LogP) is 2.97. The molecule has 0 fully saturated rings. The first-order valence-corrected chi connectivity index (χ1v) is 5.55. The Morgan fingerprint density at radius 1 is 1.31 bits per heavy atom. The van der Waals surface area contributed by atoms with Crippen molar-refractivity contribution >= 4 is 11.6 Å². The van der Waals surface area contributed by atoms with Crippen molar-refractivity contribution in [3.63, 3.8) is 0 Å². The average Bonchev–Trinajstić information content (AvgIpc) is 2.27. The average molecular weight is 245 g/mol. The van der Waals surface area contributed by atoms with E-state index in [-0.39, 0.29) is 0 Å². The summed E-state index contributed by atoms with van der Waals surface area (Å²) in [5.74, 6) is 1.09. The topological polar surface area (TPSA) is 38.7 Å². The molecule has 1 aromatic carbocycles. The van der Waals surface area contributed by atoms with Crippen LogP contribution in [0.5, 0.6) is 11.5 Å². The summed E-state index contributed by atoms with van der Waals surface area (Å²) in [4.78, 5) is 0. The largest absolute Gasteiger partial charge is 0.495 e. The first kappa shape index (κ1) is 13.1. The van der Waals surface area contributed by atoms with Crippen LogP contribution in [0.25, 0.3) is 0 Å². The summed E-state index contributed by atoms with van der Waals surface area (Å²) < 4.78 is 10.5. The third kappa shape index (κ3) is 2.25. The molecule has 16 heavy (non-hydrogen) atoms. The maximum Gasteiger partial charge on any atom is 0.147 e. The van der Waals surface area contributed by atoms with Gasteiger partial charge in [0.25, 0.3) is 0 Å². The molecule has 0 saturated heterocycles. The highest BCUT2D eigenvalue weighted by Gasteiger charge is 2.19. The highest BCUT2D eigenvalue weighted by molar-refractivity contribution is 6.33. The lowest BCUT2D eigenvalue weighted by Crippen LogP contribution is -2.02. The van der Waals surface area contributed by atoms with Crippen molar-refractivity contribution in [2.45, 2.75) is 26.4 Å². The second kappa shape index (κ2) is 5.41. The summed E-state index contributed by atoms with van der Waals surface area (Å²) in [5, 5.41) is 10.1. The molecule has 1 rings (SSSR count). The monoisotopic (exact) mass is 244 g/mol. The fourth-order valence-electron chi connectivity index (χ4n) is 1.69. The Balaban J connectivity index is 3.47. The maximum absolute atomic E-state index is 9.66. The van der Waals surface area contributed by atoms with Gasteiger partial charge in [0.05, 0.1) is 20.3 Å². The Kier molecular flexibility index (Phi) is 4.44. The summed E-state index contributed by atoms with van der Waals surface area (Å²) in [5.41, 5.74) is 1.65. The van der Waals surface area contributed by atoms with Crippen molar-refractivity contribution in [1.82, 2.24) is 0 Å². The van der Waals surface area contributed by atoms with Crippen LogP contribution in [0.4, 0.5) is 0 Å². The fraction of sp³-hybridized carbons (Fsp3) is 0.500. The number of hydrogen-bond acceptors (Lipinski definition) is 3. The minimum atomic E-state index is -0.622. The molecule has 1 N–H and O–H groups in total. The van der Waals surface area contributed by atoms with E-state index in [4.69, 9.17) is 21.1 Å². The van der Waals surface area contributed by atoms with Gasteiger partial charge in [0.15, 0.2) is 0 Å². The van der Waals surface area contributed by atoms with E-state index < -0.39 is 6.10 Å². The van der Waals surface area contributed by atoms with Crippen molar-refractivity contribution in [2.75, 3.05) is 14.2 Å². The first-order chi connectivity index (χ1) is 7.56. The lowest BCUT2D eigenvalue weighted by atomic mass is 10.0. The van der Waals surface area contributed by atoms with Crippen LogP contribution in [-0.4, -0.2) is 19.3 Å². The van der Waals surface area contributed by atoms with Crippen LogP contribution in [0.3, 0.4) is 0 Å². The zero-order chi connectivity index (χ0) is 12.3. The third-order valence-electron chi connectivity index (χ3n) is 2.52. The smallest absolute Gasteiger partial charge is 0.147 e. The van der Waals surface area contributed by atoms with Crippen molar-refractivity contribution in [3.05, 3.63) is 22.2 Å². The predicted molar refractivity (Wildman–Crippen MR) is 64.6 cm³/mol. The van der Waals surface area contributed by atoms with Gasteiger partial charge in [-0.3, -0.25) is 0 Å². The highest BCUT2D eigenvalue weighted by atomic mass is 35.5. The molecule has 0 bridgehead atoms. The number of hydrogen-bond donors (Lipinski definition) is 1. The van der Waals surface area contributed by atoms with E-state index in [0.29, 0.717) is 22.1 Å². The first-order valence-electron chi connectivity index (χ1n) is 5.18. The highest BCUT2D eigenvalue weighted by Crippen LogP contribution is 2.42. The fourth-order valence-corrected chi connectivity index (χ4v) is 2.08. The van der Waals surface area contributed by atoms with E-state index in [0.717, 1.165) is 12.0 Å². The Labute approximate surface area is 101 Å². The SMILES string of the molecule is CCc1cc(C(C)O)c(OC)c(Cl)c1OC. The van der Waals surface area contributed by atoms with Crippen LogP contribution < -0.4 is 9.47 Å². The molecule has 1 atom stereocenters. The third-order valence-corrected chi connectivity index (χ3v) is 2.86. The zero-order valence-electron chi connectivity index (χ0n) is 10.0. The summed E-state index contributed by atoms with van der Waals surface area (Å²) >= 11 is 6.18. The number of rotatable bonds is 4. The van der Waals surface area contributed by atoms with E-state index >= 15 is 0 Å². The van der Waals surface area contributed by atoms with Gasteiger partial charge in [-0.25, -0.2) is 0 Å². The number of halogens is 1. The maximum atomic E-state index is 9.66. The molecule has 0 heterocycles. The molecule has 0 spiro atoms. The summed E-state index contributed by atoms with van der Waals surface area (Å²) in [6.45, 7) is 3.69. The summed E-state index contributed by atoms with van der Waals surface area (Å²) in [7, 11) is 3.10. The number of methoxy groups -OCH3 is 2. The Morgan fingerprint density at radius 2 is 1.88 bits per heavy atom. The number of aryl methyl sites for hydroxylation is 1. The molecule has 90 valence electrons. The van der Waals surface area contributed by atoms with Crippen LogP contribution >= 0.6 is 11.6 Å². The van der Waals surface area contributed by atoms with Gasteiger partial charge in [-0.2, -0.15) is 0 Å². The van der Waals surface area contributed by atoms with Crippen LogP contribution in [-0.2, 0) is 6.42 Å². The van der Waals surface area contributed by atoms with Crippen LogP contribution in [0.1, 0.15) is 31.1 Å². The van der Waals surface area contributed by atoms with Crippen LogP contribution in [0, 0.1) is 0 Å². The normalized spacial score (nSPS) is 12.4. The number of aliphatic hydroxyl groups excluding tert-OH is 1. The van der Waals surface area contributed by atoms with E-state index in [1.54, 1.807) is 14.0 Å². The second-order valence-electron chi connectivity index (χ2n) is 3.53. The number of aliphatic hydroxyl groups is 1. The number of benzene rings is 1. The van der Waals surface area contributed by atoms with Crippen molar-refractivity contribution < 1.29 is 14.6 Å². The van der Waals surface area contributed by atoms with Crippen molar-refractivity contribution in [3.8, 4) is 11.5 Å².